The predicted molar refractivity (Wildman–Crippen MR) is 78.1 cm³/mol. The molecule has 1 amide bonds. The van der Waals surface area contributed by atoms with Gasteiger partial charge in [-0.15, -0.1) is 0 Å². The first-order chi connectivity index (χ1) is 8.95. The van der Waals surface area contributed by atoms with Gasteiger partial charge in [0.1, 0.15) is 0 Å². The van der Waals surface area contributed by atoms with Gasteiger partial charge in [0.2, 0.25) is 5.91 Å². The fraction of sp³-hybridized carbons (Fsp3) is 0.562. The molecule has 0 aromatic heterocycles. The number of hydrogen-bond donors (Lipinski definition) is 2. The second-order valence-electron chi connectivity index (χ2n) is 5.17. The summed E-state index contributed by atoms with van der Waals surface area (Å²) in [5, 5.41) is 13.1. The number of carbonyl (C=O) groups is 1. The minimum atomic E-state index is -0.477. The highest BCUT2D eigenvalue weighted by molar-refractivity contribution is 5.75. The van der Waals surface area contributed by atoms with E-state index >= 15 is 0 Å². The van der Waals surface area contributed by atoms with E-state index in [4.69, 9.17) is 0 Å². The van der Waals surface area contributed by atoms with Crippen molar-refractivity contribution in [3.8, 4) is 0 Å². The number of rotatable bonds is 6. The molecule has 0 bridgehead atoms. The van der Waals surface area contributed by atoms with Crippen LogP contribution in [0.25, 0.3) is 0 Å². The highest BCUT2D eigenvalue weighted by atomic mass is 16.3. The Morgan fingerprint density at radius 1 is 1.26 bits per heavy atom. The lowest BCUT2D eigenvalue weighted by molar-refractivity contribution is -0.121. The molecule has 0 fully saturated rings. The monoisotopic (exact) mass is 263 g/mol. The van der Waals surface area contributed by atoms with Crippen molar-refractivity contribution in [2.24, 2.45) is 0 Å². The number of aryl methyl sites for hydroxylation is 3. The summed E-state index contributed by atoms with van der Waals surface area (Å²) in [6.07, 6.45) is 1.34. The molecule has 2 N–H and O–H groups in total. The molecule has 1 unspecified atom stereocenters. The van der Waals surface area contributed by atoms with Gasteiger partial charge in [0.05, 0.1) is 6.10 Å². The summed E-state index contributed by atoms with van der Waals surface area (Å²) in [6.45, 7) is 8.69. The van der Waals surface area contributed by atoms with Gasteiger partial charge in [-0.05, 0) is 57.2 Å². The van der Waals surface area contributed by atoms with Crippen LogP contribution in [0.5, 0.6) is 0 Å². The summed E-state index contributed by atoms with van der Waals surface area (Å²) < 4.78 is 0. The Hall–Kier alpha value is -1.35. The molecule has 0 heterocycles. The second kappa shape index (κ2) is 7.29. The molecule has 0 aliphatic carbocycles. The predicted octanol–water partition coefficient (Wildman–Crippen LogP) is 2.95. The molecule has 0 radical (unpaired) electrons. The molecule has 0 saturated heterocycles. The van der Waals surface area contributed by atoms with E-state index in [0.717, 1.165) is 16.7 Å². The minimum absolute atomic E-state index is 0.0621. The zero-order valence-corrected chi connectivity index (χ0v) is 12.4. The first-order valence-corrected chi connectivity index (χ1v) is 6.98. The van der Waals surface area contributed by atoms with Crippen LogP contribution >= 0.6 is 0 Å². The van der Waals surface area contributed by atoms with Crippen LogP contribution < -0.4 is 5.32 Å². The van der Waals surface area contributed by atoms with Crippen LogP contribution in [0.3, 0.4) is 0 Å². The molecule has 1 atom stereocenters. The maximum atomic E-state index is 11.3. The molecule has 0 aliphatic rings. The lowest BCUT2D eigenvalue weighted by Crippen LogP contribution is -2.22. The number of hydrogen-bond acceptors (Lipinski definition) is 2. The van der Waals surface area contributed by atoms with E-state index in [-0.39, 0.29) is 5.91 Å². The average molecular weight is 263 g/mol. The molecular weight excluding hydrogens is 238 g/mol. The van der Waals surface area contributed by atoms with Crippen molar-refractivity contribution in [3.05, 3.63) is 34.4 Å². The first-order valence-electron chi connectivity index (χ1n) is 6.98. The van der Waals surface area contributed by atoms with E-state index < -0.39 is 6.10 Å². The quantitative estimate of drug-likeness (QED) is 0.829. The number of aliphatic hydroxyl groups excluding tert-OH is 1. The van der Waals surface area contributed by atoms with Gasteiger partial charge in [-0.3, -0.25) is 4.79 Å². The highest BCUT2D eigenvalue weighted by Gasteiger charge is 2.14. The largest absolute Gasteiger partial charge is 0.388 e. The Balaban J connectivity index is 2.59. The molecule has 3 heteroatoms. The third kappa shape index (κ3) is 4.67. The topological polar surface area (TPSA) is 49.3 Å². The molecule has 1 aromatic rings. The number of amides is 1. The van der Waals surface area contributed by atoms with Gasteiger partial charge in [0.15, 0.2) is 0 Å². The average Bonchev–Trinajstić information content (AvgIpc) is 2.27. The second-order valence-corrected chi connectivity index (χ2v) is 5.17. The summed E-state index contributed by atoms with van der Waals surface area (Å²) in [7, 11) is 0. The van der Waals surface area contributed by atoms with Crippen molar-refractivity contribution >= 4 is 5.91 Å². The fourth-order valence-corrected chi connectivity index (χ4v) is 2.60. The maximum Gasteiger partial charge on any atom is 0.219 e. The van der Waals surface area contributed by atoms with E-state index in [1.165, 1.54) is 5.56 Å². The van der Waals surface area contributed by atoms with E-state index in [2.05, 4.69) is 24.4 Å². The van der Waals surface area contributed by atoms with Gasteiger partial charge in [0, 0.05) is 13.0 Å². The highest BCUT2D eigenvalue weighted by Crippen LogP contribution is 2.27. The molecule has 3 nitrogen and oxygen atoms in total. The summed E-state index contributed by atoms with van der Waals surface area (Å²) in [4.78, 5) is 11.3. The SMILES string of the molecule is CCNC(=O)CCCC(O)c1c(C)cc(C)cc1C. The normalized spacial score (nSPS) is 12.3. The van der Waals surface area contributed by atoms with Crippen LogP contribution in [0.1, 0.15) is 54.5 Å². The summed E-state index contributed by atoms with van der Waals surface area (Å²) in [5.74, 6) is 0.0621. The Morgan fingerprint density at radius 3 is 2.37 bits per heavy atom. The van der Waals surface area contributed by atoms with Crippen LogP contribution in [0.4, 0.5) is 0 Å². The molecule has 0 spiro atoms. The number of carbonyl (C=O) groups excluding carboxylic acids is 1. The molecule has 0 aliphatic heterocycles. The van der Waals surface area contributed by atoms with Crippen LogP contribution in [-0.2, 0) is 4.79 Å². The first kappa shape index (κ1) is 15.7. The Morgan fingerprint density at radius 2 is 1.84 bits per heavy atom. The number of aliphatic hydroxyl groups is 1. The minimum Gasteiger partial charge on any atom is -0.388 e. The number of nitrogens with one attached hydrogen (secondary N) is 1. The van der Waals surface area contributed by atoms with Crippen LogP contribution in [-0.4, -0.2) is 17.6 Å². The van der Waals surface area contributed by atoms with E-state index in [9.17, 15) is 9.90 Å². The van der Waals surface area contributed by atoms with E-state index in [1.54, 1.807) is 0 Å². The molecule has 1 rings (SSSR count). The van der Waals surface area contributed by atoms with Crippen molar-refractivity contribution in [1.82, 2.24) is 5.32 Å². The van der Waals surface area contributed by atoms with Gasteiger partial charge in [-0.25, -0.2) is 0 Å². The van der Waals surface area contributed by atoms with Crippen molar-refractivity contribution in [1.29, 1.82) is 0 Å². The van der Waals surface area contributed by atoms with Crippen LogP contribution in [0.2, 0.25) is 0 Å². The number of benzene rings is 1. The summed E-state index contributed by atoms with van der Waals surface area (Å²) in [5.41, 5.74) is 4.49. The fourth-order valence-electron chi connectivity index (χ4n) is 2.60. The Bertz CT molecular complexity index is 417. The zero-order chi connectivity index (χ0) is 14.4. The lowest BCUT2D eigenvalue weighted by atomic mass is 9.93. The summed E-state index contributed by atoms with van der Waals surface area (Å²) in [6, 6.07) is 4.19. The standard InChI is InChI=1S/C16H25NO2/c1-5-17-15(19)8-6-7-14(18)16-12(3)9-11(2)10-13(16)4/h9-10,14,18H,5-8H2,1-4H3,(H,17,19). The summed E-state index contributed by atoms with van der Waals surface area (Å²) >= 11 is 0. The molecule has 1 aromatic carbocycles. The maximum absolute atomic E-state index is 11.3. The van der Waals surface area contributed by atoms with Gasteiger partial charge in [0.25, 0.3) is 0 Å². The molecular formula is C16H25NO2. The Labute approximate surface area is 116 Å². The van der Waals surface area contributed by atoms with E-state index in [1.807, 2.05) is 20.8 Å². The molecule has 106 valence electrons. The van der Waals surface area contributed by atoms with Gasteiger partial charge in [-0.1, -0.05) is 17.7 Å². The van der Waals surface area contributed by atoms with Crippen molar-refractivity contribution in [3.63, 3.8) is 0 Å². The molecule has 0 saturated carbocycles. The van der Waals surface area contributed by atoms with Gasteiger partial charge < -0.3 is 10.4 Å². The van der Waals surface area contributed by atoms with Gasteiger partial charge >= 0.3 is 0 Å². The lowest BCUT2D eigenvalue weighted by Gasteiger charge is -2.17. The van der Waals surface area contributed by atoms with Crippen molar-refractivity contribution < 1.29 is 9.90 Å². The van der Waals surface area contributed by atoms with Crippen molar-refractivity contribution in [2.45, 2.75) is 53.1 Å². The third-order valence-corrected chi connectivity index (χ3v) is 3.33. The van der Waals surface area contributed by atoms with Crippen LogP contribution in [0.15, 0.2) is 12.1 Å². The van der Waals surface area contributed by atoms with E-state index in [0.29, 0.717) is 25.8 Å². The zero-order valence-electron chi connectivity index (χ0n) is 12.4. The van der Waals surface area contributed by atoms with Crippen LogP contribution in [0, 0.1) is 20.8 Å². The smallest absolute Gasteiger partial charge is 0.219 e. The Kier molecular flexibility index (Phi) is 6.03. The van der Waals surface area contributed by atoms with Crippen molar-refractivity contribution in [2.75, 3.05) is 6.54 Å². The third-order valence-electron chi connectivity index (χ3n) is 3.33. The molecule has 19 heavy (non-hydrogen) atoms. The van der Waals surface area contributed by atoms with Gasteiger partial charge in [-0.2, -0.15) is 0 Å².